The van der Waals surface area contributed by atoms with Gasteiger partial charge in [-0.3, -0.25) is 4.79 Å². The van der Waals surface area contributed by atoms with Crippen molar-refractivity contribution in [2.24, 2.45) is 0 Å². The Kier molecular flexibility index (Phi) is 4.85. The molecule has 1 N–H and O–H groups in total. The molecule has 1 aliphatic rings. The summed E-state index contributed by atoms with van der Waals surface area (Å²) in [5.74, 6) is 1.71. The van der Waals surface area contributed by atoms with Crippen molar-refractivity contribution < 1.29 is 9.53 Å². The molecular weight excluding hydrogens is 310 g/mol. The van der Waals surface area contributed by atoms with Gasteiger partial charge in [-0.05, 0) is 46.6 Å². The van der Waals surface area contributed by atoms with Crippen LogP contribution in [0.5, 0.6) is 5.75 Å². The number of benzene rings is 2. The second-order valence-corrected chi connectivity index (χ2v) is 7.45. The SMILES string of the molecule is COc1c(C(C)C)cc(CC2C(=O)Nc3ccccc32)cc1C(C)C. The van der Waals surface area contributed by atoms with Crippen LogP contribution in [-0.4, -0.2) is 13.0 Å². The van der Waals surface area contributed by atoms with Crippen LogP contribution in [0.4, 0.5) is 5.69 Å². The average molecular weight is 337 g/mol. The predicted octanol–water partition coefficient (Wildman–Crippen LogP) is 5.22. The van der Waals surface area contributed by atoms with Gasteiger partial charge in [0.05, 0.1) is 13.0 Å². The maximum atomic E-state index is 12.5. The van der Waals surface area contributed by atoms with Crippen LogP contribution >= 0.6 is 0 Å². The Morgan fingerprint density at radius 2 is 1.64 bits per heavy atom. The first-order valence-electron chi connectivity index (χ1n) is 9.02. The quantitative estimate of drug-likeness (QED) is 0.812. The largest absolute Gasteiger partial charge is 0.496 e. The minimum absolute atomic E-state index is 0.0919. The van der Waals surface area contributed by atoms with Gasteiger partial charge in [0.1, 0.15) is 5.75 Å². The Balaban J connectivity index is 2.02. The molecule has 1 aliphatic heterocycles. The first kappa shape index (κ1) is 17.5. The van der Waals surface area contributed by atoms with E-state index in [4.69, 9.17) is 4.74 Å². The molecule has 3 rings (SSSR count). The monoisotopic (exact) mass is 337 g/mol. The summed E-state index contributed by atoms with van der Waals surface area (Å²) in [5, 5.41) is 3.00. The summed E-state index contributed by atoms with van der Waals surface area (Å²) in [6.07, 6.45) is 0.715. The normalized spacial score (nSPS) is 16.3. The molecule has 0 radical (unpaired) electrons. The third kappa shape index (κ3) is 3.28. The molecule has 1 amide bonds. The first-order chi connectivity index (χ1) is 11.9. The number of anilines is 1. The van der Waals surface area contributed by atoms with E-state index in [9.17, 15) is 4.79 Å². The lowest BCUT2D eigenvalue weighted by atomic mass is 9.87. The number of carbonyl (C=O) groups excluding carboxylic acids is 1. The molecular formula is C22H27NO2. The Morgan fingerprint density at radius 1 is 1.04 bits per heavy atom. The van der Waals surface area contributed by atoms with Gasteiger partial charge < -0.3 is 10.1 Å². The van der Waals surface area contributed by atoms with Crippen LogP contribution in [0.3, 0.4) is 0 Å². The average Bonchev–Trinajstić information content (AvgIpc) is 2.89. The summed E-state index contributed by atoms with van der Waals surface area (Å²) >= 11 is 0. The first-order valence-corrected chi connectivity index (χ1v) is 9.02. The highest BCUT2D eigenvalue weighted by Gasteiger charge is 2.30. The smallest absolute Gasteiger partial charge is 0.232 e. The Labute approximate surface area is 150 Å². The number of amides is 1. The van der Waals surface area contributed by atoms with E-state index in [1.165, 1.54) is 16.7 Å². The van der Waals surface area contributed by atoms with E-state index in [1.807, 2.05) is 24.3 Å². The fourth-order valence-electron chi connectivity index (χ4n) is 3.66. The number of nitrogens with one attached hydrogen (secondary N) is 1. The lowest BCUT2D eigenvalue weighted by molar-refractivity contribution is -0.117. The molecule has 3 nitrogen and oxygen atoms in total. The van der Waals surface area contributed by atoms with Gasteiger partial charge in [-0.2, -0.15) is 0 Å². The molecule has 0 bridgehead atoms. The molecule has 1 atom stereocenters. The van der Waals surface area contributed by atoms with Gasteiger partial charge in [-0.15, -0.1) is 0 Å². The minimum atomic E-state index is -0.121. The van der Waals surface area contributed by atoms with E-state index in [0.717, 1.165) is 17.0 Å². The number of para-hydroxylation sites is 1. The van der Waals surface area contributed by atoms with Gasteiger partial charge in [0.2, 0.25) is 5.91 Å². The van der Waals surface area contributed by atoms with E-state index in [1.54, 1.807) is 7.11 Å². The van der Waals surface area contributed by atoms with E-state index in [-0.39, 0.29) is 11.8 Å². The zero-order chi connectivity index (χ0) is 18.1. The summed E-state index contributed by atoms with van der Waals surface area (Å²) in [5.41, 5.74) is 5.68. The van der Waals surface area contributed by atoms with Crippen LogP contribution in [0.25, 0.3) is 0 Å². The topological polar surface area (TPSA) is 38.3 Å². The standard InChI is InChI=1S/C22H27NO2/c1-13(2)17-10-15(11-18(14(3)4)21(17)25-5)12-19-16-8-6-7-9-20(16)23-22(19)24/h6-11,13-14,19H,12H2,1-5H3,(H,23,24). The molecule has 132 valence electrons. The lowest BCUT2D eigenvalue weighted by Gasteiger charge is -2.21. The third-order valence-corrected chi connectivity index (χ3v) is 5.00. The lowest BCUT2D eigenvalue weighted by Crippen LogP contribution is -2.15. The summed E-state index contributed by atoms with van der Waals surface area (Å²) in [7, 11) is 1.74. The van der Waals surface area contributed by atoms with Gasteiger partial charge in [0.15, 0.2) is 0 Å². The maximum Gasteiger partial charge on any atom is 0.232 e. The molecule has 0 saturated carbocycles. The van der Waals surface area contributed by atoms with Gasteiger partial charge >= 0.3 is 0 Å². The molecule has 2 aromatic rings. The van der Waals surface area contributed by atoms with Crippen molar-refractivity contribution in [3.05, 3.63) is 58.7 Å². The molecule has 0 saturated heterocycles. The minimum Gasteiger partial charge on any atom is -0.496 e. The van der Waals surface area contributed by atoms with E-state index < -0.39 is 0 Å². The highest BCUT2D eigenvalue weighted by Crippen LogP contribution is 2.39. The fraction of sp³-hybridized carbons (Fsp3) is 0.409. The van der Waals surface area contributed by atoms with Crippen LogP contribution in [0.1, 0.15) is 67.7 Å². The molecule has 3 heteroatoms. The summed E-state index contributed by atoms with van der Waals surface area (Å²) in [6.45, 7) is 8.74. The zero-order valence-corrected chi connectivity index (χ0v) is 15.7. The second kappa shape index (κ2) is 6.91. The number of hydrogen-bond acceptors (Lipinski definition) is 2. The molecule has 25 heavy (non-hydrogen) atoms. The molecule has 0 fully saturated rings. The maximum absolute atomic E-state index is 12.5. The highest BCUT2D eigenvalue weighted by molar-refractivity contribution is 6.03. The third-order valence-electron chi connectivity index (χ3n) is 5.00. The van der Waals surface area contributed by atoms with Crippen molar-refractivity contribution >= 4 is 11.6 Å². The van der Waals surface area contributed by atoms with E-state index in [2.05, 4.69) is 45.1 Å². The van der Waals surface area contributed by atoms with Crippen LogP contribution in [0, 0.1) is 0 Å². The van der Waals surface area contributed by atoms with Crippen molar-refractivity contribution in [1.82, 2.24) is 0 Å². The van der Waals surface area contributed by atoms with Crippen LogP contribution in [-0.2, 0) is 11.2 Å². The zero-order valence-electron chi connectivity index (χ0n) is 15.7. The fourth-order valence-corrected chi connectivity index (χ4v) is 3.66. The summed E-state index contributed by atoms with van der Waals surface area (Å²) in [6, 6.07) is 12.4. The summed E-state index contributed by atoms with van der Waals surface area (Å²) in [4.78, 5) is 12.5. The molecule has 0 aromatic heterocycles. The molecule has 0 spiro atoms. The molecule has 0 aliphatic carbocycles. The number of methoxy groups -OCH3 is 1. The van der Waals surface area contributed by atoms with E-state index >= 15 is 0 Å². The molecule has 1 unspecified atom stereocenters. The van der Waals surface area contributed by atoms with E-state index in [0.29, 0.717) is 18.3 Å². The number of hydrogen-bond donors (Lipinski definition) is 1. The second-order valence-electron chi connectivity index (χ2n) is 7.45. The number of ether oxygens (including phenoxy) is 1. The van der Waals surface area contributed by atoms with Crippen molar-refractivity contribution in [1.29, 1.82) is 0 Å². The van der Waals surface area contributed by atoms with Gasteiger partial charge in [0.25, 0.3) is 0 Å². The van der Waals surface area contributed by atoms with Crippen LogP contribution in [0.15, 0.2) is 36.4 Å². The van der Waals surface area contributed by atoms with Crippen molar-refractivity contribution in [3.63, 3.8) is 0 Å². The number of rotatable bonds is 5. The van der Waals surface area contributed by atoms with Crippen molar-refractivity contribution in [2.75, 3.05) is 12.4 Å². The van der Waals surface area contributed by atoms with Gasteiger partial charge in [-0.25, -0.2) is 0 Å². The number of fused-ring (bicyclic) bond motifs is 1. The Morgan fingerprint density at radius 3 is 2.20 bits per heavy atom. The van der Waals surface area contributed by atoms with Crippen molar-refractivity contribution in [2.45, 2.75) is 51.9 Å². The van der Waals surface area contributed by atoms with Gasteiger partial charge in [0, 0.05) is 5.69 Å². The Bertz CT molecular complexity index is 763. The predicted molar refractivity (Wildman–Crippen MR) is 103 cm³/mol. The number of carbonyl (C=O) groups is 1. The Hall–Kier alpha value is -2.29. The van der Waals surface area contributed by atoms with Crippen LogP contribution < -0.4 is 10.1 Å². The molecule has 1 heterocycles. The van der Waals surface area contributed by atoms with Crippen LogP contribution in [0.2, 0.25) is 0 Å². The molecule has 2 aromatic carbocycles. The van der Waals surface area contributed by atoms with Crippen molar-refractivity contribution in [3.8, 4) is 5.75 Å². The van der Waals surface area contributed by atoms with Gasteiger partial charge in [-0.1, -0.05) is 58.0 Å². The highest BCUT2D eigenvalue weighted by atomic mass is 16.5. The summed E-state index contributed by atoms with van der Waals surface area (Å²) < 4.78 is 5.72.